The first-order valence-electron chi connectivity index (χ1n) is 8.43. The van der Waals surface area contributed by atoms with Gasteiger partial charge in [0.2, 0.25) is 0 Å². The molecule has 1 aromatic carbocycles. The van der Waals surface area contributed by atoms with E-state index in [0.29, 0.717) is 12.5 Å². The van der Waals surface area contributed by atoms with Crippen LogP contribution in [0.5, 0.6) is 0 Å². The van der Waals surface area contributed by atoms with E-state index in [9.17, 15) is 4.79 Å². The fourth-order valence-corrected chi connectivity index (χ4v) is 3.40. The first-order valence-corrected chi connectivity index (χ1v) is 8.43. The molecule has 128 valence electrons. The van der Waals surface area contributed by atoms with Crippen LogP contribution in [0.15, 0.2) is 42.6 Å². The highest BCUT2D eigenvalue weighted by Gasteiger charge is 2.22. The quantitative estimate of drug-likeness (QED) is 0.787. The molecule has 1 unspecified atom stereocenters. The topological polar surface area (TPSA) is 84.1 Å². The smallest absolute Gasteiger partial charge is 0.358 e. The predicted molar refractivity (Wildman–Crippen MR) is 93.7 cm³/mol. The number of benzene rings is 1. The van der Waals surface area contributed by atoms with Gasteiger partial charge in [0.15, 0.2) is 5.69 Å². The van der Waals surface area contributed by atoms with Gasteiger partial charge in [-0.15, -0.1) is 5.10 Å². The summed E-state index contributed by atoms with van der Waals surface area (Å²) in [7, 11) is 0. The Morgan fingerprint density at radius 1 is 1.24 bits per heavy atom. The standard InChI is InChI=1S/C18H19N5O2/c24-18(25)16-12-23(21-20-16)11-13-4-3-9-22(10-13)17-8-7-14-5-1-2-6-15(14)19-17/h1-2,5-8,12-13H,3-4,9-11H2,(H,24,25). The molecule has 0 aliphatic carbocycles. The second-order valence-corrected chi connectivity index (χ2v) is 6.45. The second-order valence-electron chi connectivity index (χ2n) is 6.45. The van der Waals surface area contributed by atoms with Crippen molar-refractivity contribution in [2.24, 2.45) is 5.92 Å². The Labute approximate surface area is 144 Å². The molecule has 0 radical (unpaired) electrons. The van der Waals surface area contributed by atoms with Crippen molar-refractivity contribution in [1.29, 1.82) is 0 Å². The van der Waals surface area contributed by atoms with E-state index in [1.807, 2.05) is 18.2 Å². The Morgan fingerprint density at radius 3 is 2.96 bits per heavy atom. The number of aromatic carboxylic acids is 1. The number of para-hydroxylation sites is 1. The predicted octanol–water partition coefficient (Wildman–Crippen LogP) is 2.44. The first kappa shape index (κ1) is 15.6. The third-order valence-corrected chi connectivity index (χ3v) is 4.63. The molecule has 2 aromatic heterocycles. The minimum absolute atomic E-state index is 0.0103. The van der Waals surface area contributed by atoms with Gasteiger partial charge in [-0.2, -0.15) is 0 Å². The van der Waals surface area contributed by atoms with Crippen LogP contribution in [0.4, 0.5) is 5.82 Å². The lowest BCUT2D eigenvalue weighted by atomic mass is 9.98. The minimum Gasteiger partial charge on any atom is -0.476 e. The van der Waals surface area contributed by atoms with Crippen LogP contribution in [0.25, 0.3) is 10.9 Å². The summed E-state index contributed by atoms with van der Waals surface area (Å²) < 4.78 is 1.63. The van der Waals surface area contributed by atoms with E-state index in [1.165, 1.54) is 6.20 Å². The number of carboxylic acid groups (broad SMARTS) is 1. The molecule has 25 heavy (non-hydrogen) atoms. The van der Waals surface area contributed by atoms with Crippen molar-refractivity contribution >= 4 is 22.7 Å². The van der Waals surface area contributed by atoms with Crippen LogP contribution in [0.3, 0.4) is 0 Å². The normalized spacial score (nSPS) is 17.8. The number of carboxylic acids is 1. The Morgan fingerprint density at radius 2 is 2.12 bits per heavy atom. The van der Waals surface area contributed by atoms with Gasteiger partial charge < -0.3 is 10.0 Å². The van der Waals surface area contributed by atoms with E-state index in [-0.39, 0.29) is 5.69 Å². The van der Waals surface area contributed by atoms with Gasteiger partial charge in [0.25, 0.3) is 0 Å². The van der Waals surface area contributed by atoms with Gasteiger partial charge >= 0.3 is 5.97 Å². The maximum Gasteiger partial charge on any atom is 0.358 e. The minimum atomic E-state index is -1.04. The Bertz CT molecular complexity index is 907. The average molecular weight is 337 g/mol. The number of pyridine rings is 1. The lowest BCUT2D eigenvalue weighted by Gasteiger charge is -2.33. The summed E-state index contributed by atoms with van der Waals surface area (Å²) in [5, 5.41) is 17.7. The van der Waals surface area contributed by atoms with Gasteiger partial charge in [0.1, 0.15) is 5.82 Å². The fraction of sp³-hybridized carbons (Fsp3) is 0.333. The van der Waals surface area contributed by atoms with Gasteiger partial charge in [-0.3, -0.25) is 4.68 Å². The number of fused-ring (bicyclic) bond motifs is 1. The van der Waals surface area contributed by atoms with E-state index in [0.717, 1.165) is 42.7 Å². The number of carbonyl (C=O) groups is 1. The SMILES string of the molecule is O=C(O)c1cn(CC2CCCN(c3ccc4ccccc4n3)C2)nn1. The van der Waals surface area contributed by atoms with Gasteiger partial charge in [0.05, 0.1) is 11.7 Å². The Kier molecular flexibility index (Phi) is 4.05. The van der Waals surface area contributed by atoms with E-state index in [1.54, 1.807) is 4.68 Å². The molecule has 0 bridgehead atoms. The van der Waals surface area contributed by atoms with Gasteiger partial charge in [-0.25, -0.2) is 9.78 Å². The van der Waals surface area contributed by atoms with Crippen molar-refractivity contribution in [2.75, 3.05) is 18.0 Å². The lowest BCUT2D eigenvalue weighted by molar-refractivity contribution is 0.0690. The highest BCUT2D eigenvalue weighted by atomic mass is 16.4. The van der Waals surface area contributed by atoms with Gasteiger partial charge in [0, 0.05) is 25.0 Å². The lowest BCUT2D eigenvalue weighted by Crippen LogP contribution is -2.37. The summed E-state index contributed by atoms with van der Waals surface area (Å²) in [6.45, 7) is 2.54. The highest BCUT2D eigenvalue weighted by molar-refractivity contribution is 5.84. The Hall–Kier alpha value is -2.96. The Balaban J connectivity index is 1.48. The van der Waals surface area contributed by atoms with E-state index in [4.69, 9.17) is 10.1 Å². The number of hydrogen-bond acceptors (Lipinski definition) is 5. The molecule has 1 aliphatic heterocycles. The molecule has 1 N–H and O–H groups in total. The molecule has 7 nitrogen and oxygen atoms in total. The molecule has 7 heteroatoms. The third-order valence-electron chi connectivity index (χ3n) is 4.63. The first-order chi connectivity index (χ1) is 12.2. The molecular weight excluding hydrogens is 318 g/mol. The summed E-state index contributed by atoms with van der Waals surface area (Å²) >= 11 is 0. The molecule has 0 spiro atoms. The number of piperidine rings is 1. The van der Waals surface area contributed by atoms with Crippen LogP contribution < -0.4 is 4.90 Å². The summed E-state index contributed by atoms with van der Waals surface area (Å²) in [5.41, 5.74) is 0.994. The van der Waals surface area contributed by atoms with Crippen LogP contribution >= 0.6 is 0 Å². The van der Waals surface area contributed by atoms with Crippen molar-refractivity contribution in [1.82, 2.24) is 20.0 Å². The number of nitrogens with zero attached hydrogens (tertiary/aromatic N) is 5. The summed E-state index contributed by atoms with van der Waals surface area (Å²) in [6.07, 6.45) is 3.67. The molecule has 4 rings (SSSR count). The molecule has 0 saturated carbocycles. The van der Waals surface area contributed by atoms with E-state index >= 15 is 0 Å². The van der Waals surface area contributed by atoms with Crippen LogP contribution in [-0.2, 0) is 6.54 Å². The highest BCUT2D eigenvalue weighted by Crippen LogP contribution is 2.24. The molecular formula is C18H19N5O2. The maximum atomic E-state index is 10.9. The molecule has 1 saturated heterocycles. The number of hydrogen-bond donors (Lipinski definition) is 1. The number of anilines is 1. The average Bonchev–Trinajstić information content (AvgIpc) is 3.10. The molecule has 1 atom stereocenters. The number of rotatable bonds is 4. The van der Waals surface area contributed by atoms with Crippen LogP contribution in [-0.4, -0.2) is 44.1 Å². The molecule has 1 fully saturated rings. The zero-order valence-electron chi connectivity index (χ0n) is 13.7. The van der Waals surface area contributed by atoms with Crippen molar-refractivity contribution < 1.29 is 9.90 Å². The fourth-order valence-electron chi connectivity index (χ4n) is 3.40. The maximum absolute atomic E-state index is 10.9. The van der Waals surface area contributed by atoms with Crippen molar-refractivity contribution in [3.63, 3.8) is 0 Å². The van der Waals surface area contributed by atoms with Crippen LogP contribution in [0, 0.1) is 5.92 Å². The van der Waals surface area contributed by atoms with Crippen molar-refractivity contribution in [3.8, 4) is 0 Å². The van der Waals surface area contributed by atoms with Gasteiger partial charge in [-0.05, 0) is 37.0 Å². The summed E-state index contributed by atoms with van der Waals surface area (Å²) in [5.74, 6) is 0.343. The second kappa shape index (κ2) is 6.51. The van der Waals surface area contributed by atoms with E-state index < -0.39 is 5.97 Å². The van der Waals surface area contributed by atoms with Crippen molar-refractivity contribution in [2.45, 2.75) is 19.4 Å². The summed E-state index contributed by atoms with van der Waals surface area (Å²) in [6, 6.07) is 12.3. The molecule has 3 aromatic rings. The van der Waals surface area contributed by atoms with E-state index in [2.05, 4.69) is 33.4 Å². The zero-order valence-corrected chi connectivity index (χ0v) is 13.7. The zero-order chi connectivity index (χ0) is 17.2. The van der Waals surface area contributed by atoms with Crippen LogP contribution in [0.1, 0.15) is 23.3 Å². The monoisotopic (exact) mass is 337 g/mol. The summed E-state index contributed by atoms with van der Waals surface area (Å²) in [4.78, 5) is 18.0. The molecule has 1 aliphatic rings. The number of aromatic nitrogens is 4. The molecule has 3 heterocycles. The largest absolute Gasteiger partial charge is 0.476 e. The molecule has 0 amide bonds. The van der Waals surface area contributed by atoms with Crippen LogP contribution in [0.2, 0.25) is 0 Å². The third kappa shape index (κ3) is 3.31. The van der Waals surface area contributed by atoms with Gasteiger partial charge in [-0.1, -0.05) is 23.4 Å². The van der Waals surface area contributed by atoms with Crippen molar-refractivity contribution in [3.05, 3.63) is 48.3 Å².